The molecule has 4 N–H and O–H groups in total. The number of aromatic nitrogens is 2. The Kier molecular flexibility index (Phi) is 3.85. The monoisotopic (exact) mass is 255 g/mol. The molecular weight excluding hydrogens is 242 g/mol. The second kappa shape index (κ2) is 5.56. The predicted molar refractivity (Wildman–Crippen MR) is 56.9 cm³/mol. The molecule has 18 heavy (non-hydrogen) atoms. The summed E-state index contributed by atoms with van der Waals surface area (Å²) in [5.41, 5.74) is 6.82. The number of hydroxylamine groups is 1. The van der Waals surface area contributed by atoms with E-state index < -0.39 is 18.4 Å². The first-order chi connectivity index (χ1) is 8.66. The number of hydrogen-bond acceptors (Lipinski definition) is 7. The van der Waals surface area contributed by atoms with Crippen molar-refractivity contribution in [2.75, 3.05) is 13.2 Å². The van der Waals surface area contributed by atoms with Gasteiger partial charge >= 0.3 is 5.91 Å². The SMILES string of the molecule is NC(=O)CONC(=O)c1noc(C2CCCN2)n1. The molecule has 0 spiro atoms. The summed E-state index contributed by atoms with van der Waals surface area (Å²) in [4.78, 5) is 30.3. The van der Waals surface area contributed by atoms with Gasteiger partial charge in [-0.1, -0.05) is 5.16 Å². The number of nitrogens with zero attached hydrogens (tertiary/aromatic N) is 2. The van der Waals surface area contributed by atoms with Crippen molar-refractivity contribution < 1.29 is 18.9 Å². The van der Waals surface area contributed by atoms with Gasteiger partial charge in [0.1, 0.15) is 0 Å². The lowest BCUT2D eigenvalue weighted by atomic mass is 10.2. The summed E-state index contributed by atoms with van der Waals surface area (Å²) in [7, 11) is 0. The smallest absolute Gasteiger partial charge is 0.316 e. The molecule has 2 rings (SSSR count). The zero-order chi connectivity index (χ0) is 13.0. The summed E-state index contributed by atoms with van der Waals surface area (Å²) in [5.74, 6) is -1.17. The molecule has 1 aliphatic rings. The van der Waals surface area contributed by atoms with Crippen molar-refractivity contribution in [2.45, 2.75) is 18.9 Å². The molecule has 1 aliphatic heterocycles. The molecular formula is C9H13N5O4. The van der Waals surface area contributed by atoms with Crippen LogP contribution in [0.15, 0.2) is 4.52 Å². The van der Waals surface area contributed by atoms with Crippen LogP contribution in [0.25, 0.3) is 0 Å². The van der Waals surface area contributed by atoms with E-state index in [4.69, 9.17) is 10.3 Å². The van der Waals surface area contributed by atoms with Crippen molar-refractivity contribution in [3.05, 3.63) is 11.7 Å². The van der Waals surface area contributed by atoms with E-state index in [9.17, 15) is 9.59 Å². The highest BCUT2D eigenvalue weighted by Crippen LogP contribution is 2.20. The second-order valence-electron chi connectivity index (χ2n) is 3.79. The van der Waals surface area contributed by atoms with Crippen LogP contribution in [-0.2, 0) is 9.63 Å². The molecule has 2 heterocycles. The molecule has 0 saturated carbocycles. The van der Waals surface area contributed by atoms with E-state index in [1.54, 1.807) is 0 Å². The lowest BCUT2D eigenvalue weighted by Crippen LogP contribution is -2.30. The second-order valence-corrected chi connectivity index (χ2v) is 3.79. The van der Waals surface area contributed by atoms with Gasteiger partial charge in [-0.25, -0.2) is 5.48 Å². The molecule has 0 radical (unpaired) electrons. The van der Waals surface area contributed by atoms with Gasteiger partial charge in [-0.05, 0) is 19.4 Å². The van der Waals surface area contributed by atoms with Crippen LogP contribution in [0.1, 0.15) is 35.4 Å². The fourth-order valence-corrected chi connectivity index (χ4v) is 1.58. The van der Waals surface area contributed by atoms with Gasteiger partial charge in [-0.2, -0.15) is 4.98 Å². The van der Waals surface area contributed by atoms with Gasteiger partial charge in [0.05, 0.1) is 6.04 Å². The van der Waals surface area contributed by atoms with Gasteiger partial charge in [0, 0.05) is 0 Å². The maximum absolute atomic E-state index is 11.5. The molecule has 1 aromatic heterocycles. The van der Waals surface area contributed by atoms with Crippen molar-refractivity contribution in [3.63, 3.8) is 0 Å². The van der Waals surface area contributed by atoms with Crippen LogP contribution in [0.5, 0.6) is 0 Å². The Bertz CT molecular complexity index is 440. The lowest BCUT2D eigenvalue weighted by Gasteiger charge is -2.01. The van der Waals surface area contributed by atoms with Crippen molar-refractivity contribution in [1.82, 2.24) is 20.9 Å². The molecule has 9 heteroatoms. The summed E-state index contributed by atoms with van der Waals surface area (Å²) in [6, 6.07) is -0.00871. The minimum absolute atomic E-state index is 0.00871. The minimum atomic E-state index is -0.695. The first-order valence-electron chi connectivity index (χ1n) is 5.44. The Morgan fingerprint density at radius 1 is 1.61 bits per heavy atom. The number of hydrogen-bond donors (Lipinski definition) is 3. The molecule has 98 valence electrons. The normalized spacial score (nSPS) is 18.8. The average Bonchev–Trinajstić information content (AvgIpc) is 2.99. The van der Waals surface area contributed by atoms with Gasteiger partial charge in [0.2, 0.25) is 11.8 Å². The van der Waals surface area contributed by atoms with E-state index in [0.717, 1.165) is 19.4 Å². The van der Waals surface area contributed by atoms with E-state index in [0.29, 0.717) is 5.89 Å². The van der Waals surface area contributed by atoms with Crippen molar-refractivity contribution in [2.24, 2.45) is 5.73 Å². The molecule has 0 bridgehead atoms. The highest BCUT2D eigenvalue weighted by atomic mass is 16.7. The first-order valence-corrected chi connectivity index (χ1v) is 5.44. The molecule has 2 amide bonds. The first kappa shape index (κ1) is 12.5. The average molecular weight is 255 g/mol. The molecule has 1 unspecified atom stereocenters. The number of nitrogens with two attached hydrogens (primary N) is 1. The lowest BCUT2D eigenvalue weighted by molar-refractivity contribution is -0.124. The summed E-state index contributed by atoms with van der Waals surface area (Å²) in [5, 5.41) is 6.69. The summed E-state index contributed by atoms with van der Waals surface area (Å²) < 4.78 is 4.97. The van der Waals surface area contributed by atoms with Crippen molar-refractivity contribution in [1.29, 1.82) is 0 Å². The molecule has 0 aromatic carbocycles. The van der Waals surface area contributed by atoms with Gasteiger partial charge < -0.3 is 15.6 Å². The van der Waals surface area contributed by atoms with Crippen LogP contribution >= 0.6 is 0 Å². The zero-order valence-electron chi connectivity index (χ0n) is 9.51. The Morgan fingerprint density at radius 3 is 3.11 bits per heavy atom. The predicted octanol–water partition coefficient (Wildman–Crippen LogP) is -1.36. The van der Waals surface area contributed by atoms with Crippen molar-refractivity contribution in [3.8, 4) is 0 Å². The minimum Gasteiger partial charge on any atom is -0.368 e. The largest absolute Gasteiger partial charge is 0.368 e. The Balaban J connectivity index is 1.88. The summed E-state index contributed by atoms with van der Waals surface area (Å²) in [6.07, 6.45) is 1.91. The quantitative estimate of drug-likeness (QED) is 0.553. The maximum Gasteiger partial charge on any atom is 0.316 e. The topological polar surface area (TPSA) is 132 Å². The van der Waals surface area contributed by atoms with Gasteiger partial charge in [0.25, 0.3) is 5.82 Å². The Labute approximate surface area is 102 Å². The number of amides is 2. The summed E-state index contributed by atoms with van der Waals surface area (Å²) >= 11 is 0. The van der Waals surface area contributed by atoms with Crippen LogP contribution in [0, 0.1) is 0 Å². The van der Waals surface area contributed by atoms with Crippen LogP contribution in [-0.4, -0.2) is 35.1 Å². The number of carbonyl (C=O) groups excluding carboxylic acids is 2. The van der Waals surface area contributed by atoms with E-state index in [2.05, 4.69) is 20.3 Å². The Morgan fingerprint density at radius 2 is 2.44 bits per heavy atom. The fraction of sp³-hybridized carbons (Fsp3) is 0.556. The van der Waals surface area contributed by atoms with Crippen LogP contribution in [0.4, 0.5) is 0 Å². The van der Waals surface area contributed by atoms with Crippen molar-refractivity contribution >= 4 is 11.8 Å². The van der Waals surface area contributed by atoms with Crippen LogP contribution in [0.2, 0.25) is 0 Å². The number of primary amides is 1. The highest BCUT2D eigenvalue weighted by molar-refractivity contribution is 5.89. The van der Waals surface area contributed by atoms with Gasteiger partial charge in [-0.15, -0.1) is 0 Å². The molecule has 1 saturated heterocycles. The van der Waals surface area contributed by atoms with Gasteiger partial charge in [-0.3, -0.25) is 14.4 Å². The molecule has 1 fully saturated rings. The molecule has 1 aromatic rings. The number of carbonyl (C=O) groups is 2. The third-order valence-corrected chi connectivity index (χ3v) is 2.38. The summed E-state index contributed by atoms with van der Waals surface area (Å²) in [6.45, 7) is 0.469. The number of rotatable bonds is 5. The zero-order valence-corrected chi connectivity index (χ0v) is 9.51. The number of nitrogens with one attached hydrogen (secondary N) is 2. The third-order valence-electron chi connectivity index (χ3n) is 2.38. The van der Waals surface area contributed by atoms with E-state index in [1.165, 1.54) is 0 Å². The highest BCUT2D eigenvalue weighted by Gasteiger charge is 2.24. The van der Waals surface area contributed by atoms with Crippen LogP contribution < -0.4 is 16.5 Å². The maximum atomic E-state index is 11.5. The van der Waals surface area contributed by atoms with E-state index in [1.807, 2.05) is 5.48 Å². The Hall–Kier alpha value is -2.00. The fourth-order valence-electron chi connectivity index (χ4n) is 1.58. The van der Waals surface area contributed by atoms with Gasteiger partial charge in [0.15, 0.2) is 6.61 Å². The molecule has 9 nitrogen and oxygen atoms in total. The standard InChI is InChI=1S/C9H13N5O4/c10-6(15)4-17-14-8(16)7-12-9(18-13-7)5-2-1-3-11-5/h5,11H,1-4H2,(H2,10,15)(H,14,16). The third kappa shape index (κ3) is 3.02. The molecule has 1 atom stereocenters. The van der Waals surface area contributed by atoms with E-state index >= 15 is 0 Å². The molecule has 0 aliphatic carbocycles. The van der Waals surface area contributed by atoms with Crippen LogP contribution in [0.3, 0.4) is 0 Å². The van der Waals surface area contributed by atoms with E-state index in [-0.39, 0.29) is 11.9 Å².